The van der Waals surface area contributed by atoms with E-state index in [9.17, 15) is 0 Å². The monoisotopic (exact) mass is 280 g/mol. The van der Waals surface area contributed by atoms with Crippen LogP contribution in [-0.4, -0.2) is 11.5 Å². The van der Waals surface area contributed by atoms with E-state index < -0.39 is 0 Å². The zero-order valence-electron chi connectivity index (χ0n) is 12.5. The summed E-state index contributed by atoms with van der Waals surface area (Å²) in [7, 11) is 0. The number of para-hydroxylation sites is 1. The molecular formula is C18H20N2O. The van der Waals surface area contributed by atoms with Crippen LogP contribution < -0.4 is 5.32 Å². The van der Waals surface area contributed by atoms with Crippen molar-refractivity contribution in [3.05, 3.63) is 65.7 Å². The second kappa shape index (κ2) is 6.10. The van der Waals surface area contributed by atoms with Crippen molar-refractivity contribution in [1.82, 2.24) is 10.3 Å². The first kappa shape index (κ1) is 13.8. The van der Waals surface area contributed by atoms with Crippen molar-refractivity contribution in [2.45, 2.75) is 26.3 Å². The van der Waals surface area contributed by atoms with Crippen LogP contribution in [0.15, 0.2) is 53.3 Å². The molecule has 0 aliphatic carbocycles. The third-order valence-electron chi connectivity index (χ3n) is 3.69. The third-order valence-corrected chi connectivity index (χ3v) is 3.69. The Balaban J connectivity index is 2.04. The molecule has 2 aromatic heterocycles. The van der Waals surface area contributed by atoms with Crippen LogP contribution in [0.3, 0.4) is 0 Å². The molecule has 1 atom stereocenters. The van der Waals surface area contributed by atoms with E-state index in [1.807, 2.05) is 37.6 Å². The summed E-state index contributed by atoms with van der Waals surface area (Å²) >= 11 is 0. The normalized spacial score (nSPS) is 12.7. The number of fused-ring (bicyclic) bond motifs is 1. The fourth-order valence-electron chi connectivity index (χ4n) is 2.57. The SMILES string of the molecule is CCCNC(c1ccc(C)nc1)c1coc2ccccc12. The van der Waals surface area contributed by atoms with Gasteiger partial charge in [-0.3, -0.25) is 4.98 Å². The van der Waals surface area contributed by atoms with E-state index in [1.54, 1.807) is 0 Å². The lowest BCUT2D eigenvalue weighted by molar-refractivity contribution is 0.571. The van der Waals surface area contributed by atoms with E-state index in [1.165, 1.54) is 11.1 Å². The van der Waals surface area contributed by atoms with Gasteiger partial charge in [-0.05, 0) is 37.6 Å². The highest BCUT2D eigenvalue weighted by molar-refractivity contribution is 5.81. The molecule has 1 unspecified atom stereocenters. The summed E-state index contributed by atoms with van der Waals surface area (Å²) in [5.41, 5.74) is 4.30. The third kappa shape index (κ3) is 2.83. The van der Waals surface area contributed by atoms with Crippen molar-refractivity contribution in [3.63, 3.8) is 0 Å². The Kier molecular flexibility index (Phi) is 4.02. The highest BCUT2D eigenvalue weighted by Gasteiger charge is 2.18. The van der Waals surface area contributed by atoms with Crippen molar-refractivity contribution >= 4 is 11.0 Å². The van der Waals surface area contributed by atoms with E-state index in [2.05, 4.69) is 35.4 Å². The number of nitrogens with one attached hydrogen (secondary N) is 1. The maximum absolute atomic E-state index is 5.69. The number of rotatable bonds is 5. The molecule has 1 aromatic carbocycles. The van der Waals surface area contributed by atoms with E-state index in [0.29, 0.717) is 0 Å². The summed E-state index contributed by atoms with van der Waals surface area (Å²) < 4.78 is 5.69. The fourth-order valence-corrected chi connectivity index (χ4v) is 2.57. The number of pyridine rings is 1. The number of aryl methyl sites for hydroxylation is 1. The van der Waals surface area contributed by atoms with Crippen LogP contribution >= 0.6 is 0 Å². The molecule has 0 bridgehead atoms. The molecule has 3 rings (SSSR count). The Morgan fingerprint density at radius 1 is 1.19 bits per heavy atom. The number of hydrogen-bond donors (Lipinski definition) is 1. The number of furan rings is 1. The minimum atomic E-state index is 0.113. The molecule has 21 heavy (non-hydrogen) atoms. The summed E-state index contributed by atoms with van der Waals surface area (Å²) in [5.74, 6) is 0. The molecule has 0 amide bonds. The van der Waals surface area contributed by atoms with Gasteiger partial charge in [0.15, 0.2) is 0 Å². The van der Waals surface area contributed by atoms with Crippen molar-refractivity contribution in [2.75, 3.05) is 6.54 Å². The summed E-state index contributed by atoms with van der Waals surface area (Å²) in [6.07, 6.45) is 4.90. The lowest BCUT2D eigenvalue weighted by Gasteiger charge is -2.18. The predicted molar refractivity (Wildman–Crippen MR) is 85.3 cm³/mol. The van der Waals surface area contributed by atoms with Crippen LogP contribution in [0.1, 0.15) is 36.2 Å². The average Bonchev–Trinajstić information content (AvgIpc) is 2.93. The highest BCUT2D eigenvalue weighted by atomic mass is 16.3. The Morgan fingerprint density at radius 3 is 2.81 bits per heavy atom. The van der Waals surface area contributed by atoms with Crippen LogP contribution in [0.25, 0.3) is 11.0 Å². The van der Waals surface area contributed by atoms with Crippen LogP contribution in [-0.2, 0) is 0 Å². The molecule has 0 fully saturated rings. The lowest BCUT2D eigenvalue weighted by atomic mass is 9.99. The van der Waals surface area contributed by atoms with Gasteiger partial charge in [-0.2, -0.15) is 0 Å². The summed E-state index contributed by atoms with van der Waals surface area (Å²) in [4.78, 5) is 4.43. The van der Waals surface area contributed by atoms with Gasteiger partial charge in [-0.15, -0.1) is 0 Å². The molecule has 0 aliphatic heterocycles. The summed E-state index contributed by atoms with van der Waals surface area (Å²) in [5, 5.41) is 4.76. The number of aromatic nitrogens is 1. The largest absolute Gasteiger partial charge is 0.464 e. The predicted octanol–water partition coefficient (Wildman–Crippen LogP) is 4.23. The first-order valence-corrected chi connectivity index (χ1v) is 7.41. The van der Waals surface area contributed by atoms with Gasteiger partial charge in [0.25, 0.3) is 0 Å². The van der Waals surface area contributed by atoms with Gasteiger partial charge in [-0.1, -0.05) is 31.2 Å². The first-order valence-electron chi connectivity index (χ1n) is 7.41. The Hall–Kier alpha value is -2.13. The minimum absolute atomic E-state index is 0.113. The number of hydrogen-bond acceptors (Lipinski definition) is 3. The second-order valence-corrected chi connectivity index (χ2v) is 5.31. The van der Waals surface area contributed by atoms with Gasteiger partial charge in [-0.25, -0.2) is 0 Å². The molecule has 2 heterocycles. The molecule has 1 N–H and O–H groups in total. The zero-order valence-corrected chi connectivity index (χ0v) is 12.5. The van der Waals surface area contributed by atoms with E-state index in [4.69, 9.17) is 4.42 Å². The van der Waals surface area contributed by atoms with Crippen molar-refractivity contribution < 1.29 is 4.42 Å². The van der Waals surface area contributed by atoms with Crippen LogP contribution in [0.4, 0.5) is 0 Å². The Labute approximate surface area is 125 Å². The number of nitrogens with zero attached hydrogens (tertiary/aromatic N) is 1. The Morgan fingerprint density at radius 2 is 2.05 bits per heavy atom. The smallest absolute Gasteiger partial charge is 0.134 e. The van der Waals surface area contributed by atoms with Gasteiger partial charge in [0.05, 0.1) is 12.3 Å². The van der Waals surface area contributed by atoms with Crippen molar-refractivity contribution in [3.8, 4) is 0 Å². The number of benzene rings is 1. The molecule has 3 aromatic rings. The minimum Gasteiger partial charge on any atom is -0.464 e. The zero-order chi connectivity index (χ0) is 14.7. The van der Waals surface area contributed by atoms with Crippen molar-refractivity contribution in [1.29, 1.82) is 0 Å². The molecule has 3 nitrogen and oxygen atoms in total. The van der Waals surface area contributed by atoms with Gasteiger partial charge in [0, 0.05) is 22.8 Å². The van der Waals surface area contributed by atoms with E-state index >= 15 is 0 Å². The standard InChI is InChI=1S/C18H20N2O/c1-3-10-19-18(14-9-8-13(2)20-11-14)16-12-21-17-7-5-4-6-15(16)17/h4-9,11-12,18-19H,3,10H2,1-2H3. The first-order chi connectivity index (χ1) is 10.3. The quantitative estimate of drug-likeness (QED) is 0.760. The van der Waals surface area contributed by atoms with Gasteiger partial charge < -0.3 is 9.73 Å². The maximum atomic E-state index is 5.69. The van der Waals surface area contributed by atoms with Crippen LogP contribution in [0.5, 0.6) is 0 Å². The lowest BCUT2D eigenvalue weighted by Crippen LogP contribution is -2.23. The summed E-state index contributed by atoms with van der Waals surface area (Å²) in [6.45, 7) is 5.13. The van der Waals surface area contributed by atoms with Gasteiger partial charge >= 0.3 is 0 Å². The molecule has 0 radical (unpaired) electrons. The average molecular weight is 280 g/mol. The van der Waals surface area contributed by atoms with Gasteiger partial charge in [0.1, 0.15) is 5.58 Å². The molecule has 0 saturated heterocycles. The highest BCUT2D eigenvalue weighted by Crippen LogP contribution is 2.30. The second-order valence-electron chi connectivity index (χ2n) is 5.31. The van der Waals surface area contributed by atoms with E-state index in [-0.39, 0.29) is 6.04 Å². The van der Waals surface area contributed by atoms with Crippen molar-refractivity contribution in [2.24, 2.45) is 0 Å². The topological polar surface area (TPSA) is 38.1 Å². The molecular weight excluding hydrogens is 260 g/mol. The fraction of sp³-hybridized carbons (Fsp3) is 0.278. The summed E-state index contributed by atoms with van der Waals surface area (Å²) in [6, 6.07) is 12.5. The molecule has 3 heteroatoms. The van der Waals surface area contributed by atoms with Crippen LogP contribution in [0.2, 0.25) is 0 Å². The molecule has 0 spiro atoms. The van der Waals surface area contributed by atoms with Gasteiger partial charge in [0.2, 0.25) is 0 Å². The molecule has 0 aliphatic rings. The van der Waals surface area contributed by atoms with Crippen LogP contribution in [0, 0.1) is 6.92 Å². The van der Waals surface area contributed by atoms with E-state index in [0.717, 1.165) is 29.6 Å². The maximum Gasteiger partial charge on any atom is 0.134 e. The molecule has 0 saturated carbocycles. The Bertz CT molecular complexity index is 715. The molecule has 108 valence electrons.